The van der Waals surface area contributed by atoms with Crippen LogP contribution >= 0.6 is 0 Å². The molecule has 0 saturated carbocycles. The van der Waals surface area contributed by atoms with Crippen molar-refractivity contribution in [1.29, 1.82) is 0 Å². The zero-order chi connectivity index (χ0) is 17.2. The van der Waals surface area contributed by atoms with E-state index < -0.39 is 10.8 Å². The Bertz CT molecular complexity index is 706. The van der Waals surface area contributed by atoms with Gasteiger partial charge in [0.25, 0.3) is 0 Å². The third kappa shape index (κ3) is 4.19. The van der Waals surface area contributed by atoms with Crippen LogP contribution in [0.3, 0.4) is 0 Å². The SMILES string of the molecule is COc1ccc(F)cc1C[S@](=O)[C@@H](C)c1ncc(C(C)(C)C)o1. The molecule has 4 nitrogen and oxygen atoms in total. The first-order valence-corrected chi connectivity index (χ1v) is 8.76. The minimum Gasteiger partial charge on any atom is -0.496 e. The van der Waals surface area contributed by atoms with Gasteiger partial charge in [0.1, 0.15) is 22.6 Å². The summed E-state index contributed by atoms with van der Waals surface area (Å²) in [5.41, 5.74) is 0.415. The molecular weight excluding hydrogens is 317 g/mol. The highest BCUT2D eigenvalue weighted by atomic mass is 32.2. The van der Waals surface area contributed by atoms with Gasteiger partial charge < -0.3 is 9.15 Å². The number of hydrogen-bond donors (Lipinski definition) is 0. The van der Waals surface area contributed by atoms with Gasteiger partial charge in [-0.2, -0.15) is 0 Å². The number of ether oxygens (including phenoxy) is 1. The summed E-state index contributed by atoms with van der Waals surface area (Å²) in [5.74, 6) is 1.50. The molecule has 126 valence electrons. The predicted octanol–water partition coefficient (Wildman–Crippen LogP) is 4.13. The van der Waals surface area contributed by atoms with Gasteiger partial charge in [0.15, 0.2) is 0 Å². The van der Waals surface area contributed by atoms with E-state index in [9.17, 15) is 8.60 Å². The Labute approximate surface area is 138 Å². The van der Waals surface area contributed by atoms with Crippen molar-refractivity contribution in [1.82, 2.24) is 4.98 Å². The van der Waals surface area contributed by atoms with Crippen LogP contribution in [0, 0.1) is 5.82 Å². The zero-order valence-electron chi connectivity index (χ0n) is 14.1. The maximum atomic E-state index is 13.4. The summed E-state index contributed by atoms with van der Waals surface area (Å²) >= 11 is 0. The van der Waals surface area contributed by atoms with E-state index in [0.29, 0.717) is 17.2 Å². The molecule has 1 aromatic heterocycles. The first-order chi connectivity index (χ1) is 10.7. The lowest BCUT2D eigenvalue weighted by Gasteiger charge is -2.14. The van der Waals surface area contributed by atoms with Crippen LogP contribution in [0.1, 0.15) is 50.2 Å². The average Bonchev–Trinajstić information content (AvgIpc) is 2.96. The maximum absolute atomic E-state index is 13.4. The molecule has 1 aromatic carbocycles. The molecule has 6 heteroatoms. The standard InChI is InChI=1S/C17H22FNO3S/c1-11(16-19-9-15(22-16)17(2,3)4)23(20)10-12-8-13(18)6-7-14(12)21-5/h6-9,11H,10H2,1-5H3/t11-,23-/m0/s1. The Morgan fingerprint density at radius 1 is 1.39 bits per heavy atom. The molecule has 2 rings (SSSR count). The van der Waals surface area contributed by atoms with Crippen LogP contribution < -0.4 is 4.74 Å². The third-order valence-electron chi connectivity index (χ3n) is 3.55. The summed E-state index contributed by atoms with van der Waals surface area (Å²) in [4.78, 5) is 4.24. The number of methoxy groups -OCH3 is 1. The molecule has 0 aliphatic carbocycles. The monoisotopic (exact) mass is 339 g/mol. The highest BCUT2D eigenvalue weighted by Crippen LogP contribution is 2.29. The summed E-state index contributed by atoms with van der Waals surface area (Å²) in [6, 6.07) is 4.20. The second-order valence-corrected chi connectivity index (χ2v) is 8.19. The molecule has 0 fully saturated rings. The zero-order valence-corrected chi connectivity index (χ0v) is 14.9. The van der Waals surface area contributed by atoms with Crippen LogP contribution in [0.5, 0.6) is 5.75 Å². The molecule has 1 heterocycles. The summed E-state index contributed by atoms with van der Waals surface area (Å²) in [5, 5.41) is -0.390. The second-order valence-electron chi connectivity index (χ2n) is 6.44. The first-order valence-electron chi connectivity index (χ1n) is 7.38. The van der Waals surface area contributed by atoms with Crippen LogP contribution in [0.15, 0.2) is 28.8 Å². The largest absolute Gasteiger partial charge is 0.496 e. The number of benzene rings is 1. The first kappa shape index (κ1) is 17.7. The van der Waals surface area contributed by atoms with E-state index in [1.165, 1.54) is 25.3 Å². The van der Waals surface area contributed by atoms with Gasteiger partial charge in [-0.3, -0.25) is 4.21 Å². The van der Waals surface area contributed by atoms with E-state index in [1.807, 2.05) is 20.8 Å². The van der Waals surface area contributed by atoms with Crippen LogP contribution in [0.25, 0.3) is 0 Å². The Morgan fingerprint density at radius 3 is 2.65 bits per heavy atom. The third-order valence-corrected chi connectivity index (χ3v) is 5.13. The van der Waals surface area contributed by atoms with Gasteiger partial charge in [-0.25, -0.2) is 9.37 Å². The number of oxazole rings is 1. The van der Waals surface area contributed by atoms with E-state index in [2.05, 4.69) is 4.98 Å². The molecule has 0 amide bonds. The molecular formula is C17H22FNO3S. The highest BCUT2D eigenvalue weighted by Gasteiger charge is 2.24. The molecule has 0 saturated heterocycles. The van der Waals surface area contributed by atoms with Gasteiger partial charge in [-0.15, -0.1) is 0 Å². The molecule has 0 bridgehead atoms. The Morgan fingerprint density at radius 2 is 2.09 bits per heavy atom. The minimum atomic E-state index is -1.30. The van der Waals surface area contributed by atoms with Crippen LogP contribution in [-0.4, -0.2) is 16.3 Å². The summed E-state index contributed by atoms with van der Waals surface area (Å²) in [6.45, 7) is 7.86. The van der Waals surface area contributed by atoms with Crippen molar-refractivity contribution in [3.63, 3.8) is 0 Å². The summed E-state index contributed by atoms with van der Waals surface area (Å²) in [7, 11) is 0.203. The summed E-state index contributed by atoms with van der Waals surface area (Å²) < 4.78 is 36.9. The average molecular weight is 339 g/mol. The molecule has 23 heavy (non-hydrogen) atoms. The van der Waals surface area contributed by atoms with Crippen molar-refractivity contribution in [2.24, 2.45) is 0 Å². The molecule has 0 spiro atoms. The molecule has 0 radical (unpaired) electrons. The Hall–Kier alpha value is -1.69. The van der Waals surface area contributed by atoms with E-state index >= 15 is 0 Å². The normalized spacial score (nSPS) is 14.5. The minimum absolute atomic E-state index is 0.155. The number of rotatable bonds is 5. The van der Waals surface area contributed by atoms with Crippen LogP contribution in [-0.2, 0) is 22.0 Å². The fourth-order valence-corrected chi connectivity index (χ4v) is 3.19. The van der Waals surface area contributed by atoms with E-state index in [0.717, 1.165) is 5.76 Å². The van der Waals surface area contributed by atoms with Gasteiger partial charge in [-0.1, -0.05) is 20.8 Å². The highest BCUT2D eigenvalue weighted by molar-refractivity contribution is 7.84. The van der Waals surface area contributed by atoms with Gasteiger partial charge in [0.05, 0.1) is 19.1 Å². The second kappa shape index (κ2) is 6.83. The van der Waals surface area contributed by atoms with Crippen molar-refractivity contribution >= 4 is 10.8 Å². The van der Waals surface area contributed by atoms with Gasteiger partial charge in [0.2, 0.25) is 5.89 Å². The van der Waals surface area contributed by atoms with Crippen molar-refractivity contribution in [2.75, 3.05) is 7.11 Å². The molecule has 2 aromatic rings. The molecule has 0 N–H and O–H groups in total. The van der Waals surface area contributed by atoms with Gasteiger partial charge in [0, 0.05) is 21.8 Å². The number of halogens is 1. The van der Waals surface area contributed by atoms with E-state index in [4.69, 9.17) is 9.15 Å². The smallest absolute Gasteiger partial charge is 0.209 e. The Balaban J connectivity index is 2.17. The van der Waals surface area contributed by atoms with Crippen molar-refractivity contribution < 1.29 is 17.8 Å². The van der Waals surface area contributed by atoms with Gasteiger partial charge in [-0.05, 0) is 25.1 Å². The Kier molecular flexibility index (Phi) is 5.24. The topological polar surface area (TPSA) is 52.3 Å². The number of hydrogen-bond acceptors (Lipinski definition) is 4. The van der Waals surface area contributed by atoms with Crippen molar-refractivity contribution in [3.8, 4) is 5.75 Å². The molecule has 0 unspecified atom stereocenters. The lowest BCUT2D eigenvalue weighted by Crippen LogP contribution is -2.10. The van der Waals surface area contributed by atoms with Crippen molar-refractivity contribution in [3.05, 3.63) is 47.4 Å². The van der Waals surface area contributed by atoms with E-state index in [-0.39, 0.29) is 22.2 Å². The van der Waals surface area contributed by atoms with Gasteiger partial charge >= 0.3 is 0 Å². The van der Waals surface area contributed by atoms with Crippen LogP contribution in [0.4, 0.5) is 4.39 Å². The number of aromatic nitrogens is 1. The number of nitrogens with zero attached hydrogens (tertiary/aromatic N) is 1. The van der Waals surface area contributed by atoms with Crippen molar-refractivity contribution in [2.45, 2.75) is 44.1 Å². The van der Waals surface area contributed by atoms with E-state index in [1.54, 1.807) is 13.1 Å². The lowest BCUT2D eigenvalue weighted by atomic mass is 9.94. The lowest BCUT2D eigenvalue weighted by molar-refractivity contribution is 0.382. The predicted molar refractivity (Wildman–Crippen MR) is 88.4 cm³/mol. The fourth-order valence-electron chi connectivity index (χ4n) is 2.07. The summed E-state index contributed by atoms with van der Waals surface area (Å²) in [6.07, 6.45) is 1.67. The quantitative estimate of drug-likeness (QED) is 0.822. The van der Waals surface area contributed by atoms with Crippen LogP contribution in [0.2, 0.25) is 0 Å². The maximum Gasteiger partial charge on any atom is 0.209 e. The molecule has 0 aliphatic rings. The molecule has 0 aliphatic heterocycles. The molecule has 2 atom stereocenters. The fraction of sp³-hybridized carbons (Fsp3) is 0.471.